The highest BCUT2D eigenvalue weighted by Crippen LogP contribution is 2.43. The van der Waals surface area contributed by atoms with Gasteiger partial charge in [-0.1, -0.05) is 143 Å². The summed E-state index contributed by atoms with van der Waals surface area (Å²) in [4.78, 5) is 2.40. The zero-order valence-electron chi connectivity index (χ0n) is 24.0. The van der Waals surface area contributed by atoms with Crippen LogP contribution in [0.3, 0.4) is 0 Å². The maximum absolute atomic E-state index is 3.56. The van der Waals surface area contributed by atoms with Crippen LogP contribution in [0, 0.1) is 0 Å². The molecular weight excluding hydrogens is 598 g/mol. The average molecular weight is 627 g/mol. The molecule has 0 amide bonds. The first kappa shape index (κ1) is 26.4. The Hall–Kier alpha value is -5.18. The zero-order valence-corrected chi connectivity index (χ0v) is 25.6. The first-order valence-corrected chi connectivity index (χ1v) is 15.7. The van der Waals surface area contributed by atoms with Crippen molar-refractivity contribution in [3.05, 3.63) is 174 Å². The van der Waals surface area contributed by atoms with Gasteiger partial charge in [-0.3, -0.25) is 0 Å². The summed E-state index contributed by atoms with van der Waals surface area (Å²) in [5.74, 6) is 0. The summed E-state index contributed by atoms with van der Waals surface area (Å²) >= 11 is 3.56. The lowest BCUT2D eigenvalue weighted by Crippen LogP contribution is -2.10. The largest absolute Gasteiger partial charge is 0.310 e. The quantitative estimate of drug-likeness (QED) is 0.172. The predicted molar refractivity (Wildman–Crippen MR) is 192 cm³/mol. The van der Waals surface area contributed by atoms with E-state index in [4.69, 9.17) is 0 Å². The SMILES string of the molecule is Brc1ccc(-c2ccc(N(c3ccc(-c4cccc5ccccc45)cc3)c3cc4ccccc4c4ccccc34)cc2)cc1. The van der Waals surface area contributed by atoms with Gasteiger partial charge in [0.15, 0.2) is 0 Å². The number of nitrogens with zero attached hydrogens (tertiary/aromatic N) is 1. The van der Waals surface area contributed by atoms with Crippen molar-refractivity contribution in [2.24, 2.45) is 0 Å². The van der Waals surface area contributed by atoms with Gasteiger partial charge in [-0.25, -0.2) is 0 Å². The molecule has 0 fully saturated rings. The van der Waals surface area contributed by atoms with Gasteiger partial charge in [-0.2, -0.15) is 0 Å². The van der Waals surface area contributed by atoms with E-state index < -0.39 is 0 Å². The van der Waals surface area contributed by atoms with E-state index in [1.54, 1.807) is 0 Å². The Morgan fingerprint density at radius 1 is 0.364 bits per heavy atom. The minimum atomic E-state index is 1.08. The van der Waals surface area contributed by atoms with E-state index in [-0.39, 0.29) is 0 Å². The third-order valence-corrected chi connectivity index (χ3v) is 9.04. The fraction of sp³-hybridized carbons (Fsp3) is 0. The first-order valence-electron chi connectivity index (χ1n) is 14.9. The summed E-state index contributed by atoms with van der Waals surface area (Å²) in [6.45, 7) is 0. The van der Waals surface area contributed by atoms with Gasteiger partial charge >= 0.3 is 0 Å². The van der Waals surface area contributed by atoms with Crippen molar-refractivity contribution in [3.8, 4) is 22.3 Å². The van der Waals surface area contributed by atoms with Gasteiger partial charge in [0, 0.05) is 21.2 Å². The standard InChI is InChI=1S/C42H28BrN/c43-34-22-16-29(17-23-34)30-18-24-35(25-19-30)44(42-28-33-9-2-4-12-39(33)40-13-5-6-14-41(40)42)36-26-20-32(21-27-36)38-15-7-10-31-8-1-3-11-37(31)38/h1-28H. The summed E-state index contributed by atoms with van der Waals surface area (Å²) < 4.78 is 1.08. The molecule has 0 aliphatic carbocycles. The monoisotopic (exact) mass is 625 g/mol. The van der Waals surface area contributed by atoms with Crippen LogP contribution in [0.1, 0.15) is 0 Å². The van der Waals surface area contributed by atoms with Crippen LogP contribution < -0.4 is 4.90 Å². The highest BCUT2D eigenvalue weighted by Gasteiger charge is 2.18. The minimum absolute atomic E-state index is 1.08. The fourth-order valence-corrected chi connectivity index (χ4v) is 6.62. The van der Waals surface area contributed by atoms with Gasteiger partial charge in [0.1, 0.15) is 0 Å². The second-order valence-electron chi connectivity index (χ2n) is 11.1. The number of fused-ring (bicyclic) bond motifs is 4. The van der Waals surface area contributed by atoms with Crippen LogP contribution in [-0.4, -0.2) is 0 Å². The molecule has 0 bridgehead atoms. The van der Waals surface area contributed by atoms with Crippen molar-refractivity contribution in [2.45, 2.75) is 0 Å². The highest BCUT2D eigenvalue weighted by molar-refractivity contribution is 9.10. The van der Waals surface area contributed by atoms with E-state index in [2.05, 4.69) is 191 Å². The lowest BCUT2D eigenvalue weighted by Gasteiger charge is -2.28. The van der Waals surface area contributed by atoms with Crippen molar-refractivity contribution in [1.82, 2.24) is 0 Å². The van der Waals surface area contributed by atoms with Gasteiger partial charge in [0.25, 0.3) is 0 Å². The smallest absolute Gasteiger partial charge is 0.0546 e. The summed E-state index contributed by atoms with van der Waals surface area (Å²) in [5, 5.41) is 7.49. The van der Waals surface area contributed by atoms with Crippen LogP contribution in [-0.2, 0) is 0 Å². The molecule has 0 aliphatic heterocycles. The Morgan fingerprint density at radius 2 is 0.864 bits per heavy atom. The second kappa shape index (κ2) is 11.1. The van der Waals surface area contributed by atoms with E-state index >= 15 is 0 Å². The zero-order chi connectivity index (χ0) is 29.5. The number of hydrogen-bond donors (Lipinski definition) is 0. The predicted octanol–water partition coefficient (Wildman–Crippen LogP) is 12.7. The molecule has 0 aliphatic rings. The molecule has 1 nitrogen and oxygen atoms in total. The van der Waals surface area contributed by atoms with Crippen LogP contribution in [0.2, 0.25) is 0 Å². The van der Waals surface area contributed by atoms with Crippen LogP contribution >= 0.6 is 15.9 Å². The highest BCUT2D eigenvalue weighted by atomic mass is 79.9. The average Bonchev–Trinajstić information content (AvgIpc) is 3.09. The first-order chi connectivity index (χ1) is 21.7. The maximum atomic E-state index is 3.56. The summed E-state index contributed by atoms with van der Waals surface area (Å²) in [6, 6.07) is 61.3. The van der Waals surface area contributed by atoms with Crippen molar-refractivity contribution in [2.75, 3.05) is 4.90 Å². The van der Waals surface area contributed by atoms with Gasteiger partial charge in [-0.15, -0.1) is 0 Å². The molecule has 208 valence electrons. The van der Waals surface area contributed by atoms with Crippen LogP contribution in [0.15, 0.2) is 174 Å². The Bertz CT molecular complexity index is 2260. The molecule has 0 spiro atoms. The number of rotatable bonds is 5. The Balaban J connectivity index is 1.30. The summed E-state index contributed by atoms with van der Waals surface area (Å²) in [7, 11) is 0. The Labute approximate surface area is 265 Å². The molecular formula is C42H28BrN. The summed E-state index contributed by atoms with van der Waals surface area (Å²) in [6.07, 6.45) is 0. The van der Waals surface area contributed by atoms with E-state index in [0.29, 0.717) is 0 Å². The molecule has 8 aromatic rings. The second-order valence-corrected chi connectivity index (χ2v) is 12.0. The maximum Gasteiger partial charge on any atom is 0.0546 e. The van der Waals surface area contributed by atoms with E-state index in [1.807, 2.05) is 0 Å². The summed E-state index contributed by atoms with van der Waals surface area (Å²) in [5.41, 5.74) is 8.23. The van der Waals surface area contributed by atoms with Crippen molar-refractivity contribution in [3.63, 3.8) is 0 Å². The van der Waals surface area contributed by atoms with Crippen LogP contribution in [0.25, 0.3) is 54.6 Å². The molecule has 0 unspecified atom stereocenters. The van der Waals surface area contributed by atoms with Gasteiger partial charge in [0.05, 0.1) is 5.69 Å². The number of halogens is 1. The van der Waals surface area contributed by atoms with Gasteiger partial charge in [-0.05, 0) is 91.6 Å². The van der Waals surface area contributed by atoms with Gasteiger partial charge in [0.2, 0.25) is 0 Å². The molecule has 0 radical (unpaired) electrons. The van der Waals surface area contributed by atoms with Gasteiger partial charge < -0.3 is 4.90 Å². The molecule has 44 heavy (non-hydrogen) atoms. The molecule has 8 aromatic carbocycles. The fourth-order valence-electron chi connectivity index (χ4n) is 6.36. The number of hydrogen-bond acceptors (Lipinski definition) is 1. The molecule has 2 heteroatoms. The van der Waals surface area contributed by atoms with E-state index in [1.165, 1.54) is 54.6 Å². The van der Waals surface area contributed by atoms with E-state index in [0.717, 1.165) is 21.5 Å². The molecule has 0 saturated carbocycles. The molecule has 0 saturated heterocycles. The number of anilines is 3. The normalized spacial score (nSPS) is 11.3. The lowest BCUT2D eigenvalue weighted by molar-refractivity contribution is 1.30. The third-order valence-electron chi connectivity index (χ3n) is 8.52. The topological polar surface area (TPSA) is 3.24 Å². The van der Waals surface area contributed by atoms with Crippen molar-refractivity contribution < 1.29 is 0 Å². The number of benzene rings is 8. The molecule has 0 atom stereocenters. The Kier molecular flexibility index (Phi) is 6.70. The molecule has 0 heterocycles. The third kappa shape index (κ3) is 4.74. The van der Waals surface area contributed by atoms with Crippen LogP contribution in [0.5, 0.6) is 0 Å². The molecule has 0 aromatic heterocycles. The van der Waals surface area contributed by atoms with Crippen molar-refractivity contribution in [1.29, 1.82) is 0 Å². The Morgan fingerprint density at radius 3 is 1.55 bits per heavy atom. The van der Waals surface area contributed by atoms with E-state index in [9.17, 15) is 0 Å². The van der Waals surface area contributed by atoms with Crippen LogP contribution in [0.4, 0.5) is 17.1 Å². The molecule has 0 N–H and O–H groups in total. The molecule has 8 rings (SSSR count). The lowest BCUT2D eigenvalue weighted by atomic mass is 9.97. The minimum Gasteiger partial charge on any atom is -0.310 e. The van der Waals surface area contributed by atoms with Crippen molar-refractivity contribution >= 4 is 65.3 Å².